The first-order valence-electron chi connectivity index (χ1n) is 11.1. The molecule has 0 saturated carbocycles. The van der Waals surface area contributed by atoms with E-state index < -0.39 is 12.4 Å². The van der Waals surface area contributed by atoms with E-state index in [0.29, 0.717) is 26.4 Å². The summed E-state index contributed by atoms with van der Waals surface area (Å²) in [5.41, 5.74) is 3.31. The average molecular weight is 433 g/mol. The molecule has 5 nitrogen and oxygen atoms in total. The van der Waals surface area contributed by atoms with Crippen LogP contribution in [0.25, 0.3) is 0 Å². The molecule has 0 spiro atoms. The lowest BCUT2D eigenvalue weighted by molar-refractivity contribution is -0.268. The first kappa shape index (κ1) is 21.3. The van der Waals surface area contributed by atoms with Crippen molar-refractivity contribution in [3.63, 3.8) is 0 Å². The van der Waals surface area contributed by atoms with Gasteiger partial charge in [-0.1, -0.05) is 91.0 Å². The first-order valence-corrected chi connectivity index (χ1v) is 11.1. The summed E-state index contributed by atoms with van der Waals surface area (Å²) in [6.07, 6.45) is -1.63. The van der Waals surface area contributed by atoms with Gasteiger partial charge in [-0.2, -0.15) is 0 Å². The monoisotopic (exact) mass is 432 g/mol. The van der Waals surface area contributed by atoms with Gasteiger partial charge >= 0.3 is 0 Å². The summed E-state index contributed by atoms with van der Waals surface area (Å²) in [6, 6.07) is 30.4. The Morgan fingerprint density at radius 1 is 0.562 bits per heavy atom. The third-order valence-corrected chi connectivity index (χ3v) is 5.87. The lowest BCUT2D eigenvalue weighted by Gasteiger charge is -2.40. The van der Waals surface area contributed by atoms with Crippen LogP contribution in [0.4, 0.5) is 0 Å². The zero-order valence-electron chi connectivity index (χ0n) is 17.9. The van der Waals surface area contributed by atoms with E-state index in [1.807, 2.05) is 66.7 Å². The Morgan fingerprint density at radius 3 is 1.50 bits per heavy atom. The number of hydrogen-bond acceptors (Lipinski definition) is 5. The maximum atomic E-state index is 6.44. The van der Waals surface area contributed by atoms with Gasteiger partial charge in [0.2, 0.25) is 0 Å². The van der Waals surface area contributed by atoms with Gasteiger partial charge in [0.05, 0.1) is 26.4 Å². The van der Waals surface area contributed by atoms with Gasteiger partial charge in [-0.3, -0.25) is 0 Å². The van der Waals surface area contributed by atoms with Crippen LogP contribution in [0.3, 0.4) is 0 Å². The Bertz CT molecular complexity index is 892. The molecule has 2 heterocycles. The van der Waals surface area contributed by atoms with E-state index in [1.165, 1.54) is 0 Å². The quantitative estimate of drug-likeness (QED) is 0.498. The van der Waals surface area contributed by atoms with Gasteiger partial charge in [0, 0.05) is 0 Å². The molecule has 5 heteroatoms. The van der Waals surface area contributed by atoms with E-state index in [4.69, 9.17) is 23.7 Å². The van der Waals surface area contributed by atoms with E-state index in [1.54, 1.807) is 0 Å². The van der Waals surface area contributed by atoms with E-state index >= 15 is 0 Å². The Balaban J connectivity index is 1.33. The topological polar surface area (TPSA) is 46.2 Å². The molecule has 0 N–H and O–H groups in total. The molecule has 166 valence electrons. The maximum Gasteiger partial charge on any atom is 0.187 e. The molecule has 2 saturated heterocycles. The summed E-state index contributed by atoms with van der Waals surface area (Å²) in [6.45, 7) is 1.88. The highest BCUT2D eigenvalue weighted by molar-refractivity contribution is 5.15. The second-order valence-electron chi connectivity index (χ2n) is 8.16. The molecule has 5 atom stereocenters. The molecule has 0 aromatic heterocycles. The van der Waals surface area contributed by atoms with Crippen LogP contribution in [0.1, 0.15) is 16.7 Å². The van der Waals surface area contributed by atoms with E-state index in [9.17, 15) is 0 Å². The molecule has 2 bridgehead atoms. The molecule has 0 radical (unpaired) electrons. The summed E-state index contributed by atoms with van der Waals surface area (Å²) < 4.78 is 31.2. The van der Waals surface area contributed by atoms with Gasteiger partial charge in [-0.05, 0) is 16.7 Å². The van der Waals surface area contributed by atoms with Crippen molar-refractivity contribution in [3.8, 4) is 0 Å². The standard InChI is InChI=1S/C27H28O5/c1-4-10-20(11-5-1)16-28-24-23-19-31-27(32-23)26(30-18-22-14-8-3-9-15-22)25(24)29-17-21-12-6-2-7-13-21/h1-15,23-27H,16-19H2/t23?,24-,25-,26?,27-/m0/s1. The number of hydrogen-bond donors (Lipinski definition) is 0. The van der Waals surface area contributed by atoms with E-state index in [0.717, 1.165) is 16.7 Å². The smallest absolute Gasteiger partial charge is 0.187 e. The third kappa shape index (κ3) is 5.09. The molecule has 2 unspecified atom stereocenters. The van der Waals surface area contributed by atoms with Gasteiger partial charge in [0.1, 0.15) is 24.4 Å². The minimum absolute atomic E-state index is 0.180. The lowest BCUT2D eigenvalue weighted by Crippen LogP contribution is -2.56. The van der Waals surface area contributed by atoms with Gasteiger partial charge in [-0.15, -0.1) is 0 Å². The summed E-state index contributed by atoms with van der Waals surface area (Å²) in [5, 5.41) is 0. The molecular weight excluding hydrogens is 404 g/mol. The minimum atomic E-state index is -0.457. The highest BCUT2D eigenvalue weighted by atomic mass is 16.8. The SMILES string of the molecule is c1ccc(COC2[C@H]3OCC(O3)[C@H](OCc3ccccc3)[C@@H]2OCc2ccccc2)cc1. The Labute approximate surface area is 188 Å². The molecule has 2 aliphatic heterocycles. The fourth-order valence-electron chi connectivity index (χ4n) is 4.20. The van der Waals surface area contributed by atoms with Crippen molar-refractivity contribution in [2.45, 2.75) is 50.5 Å². The summed E-state index contributed by atoms with van der Waals surface area (Å²) in [4.78, 5) is 0. The van der Waals surface area contributed by atoms with Crippen LogP contribution in [0.5, 0.6) is 0 Å². The molecule has 3 aromatic carbocycles. The van der Waals surface area contributed by atoms with Crippen molar-refractivity contribution in [2.24, 2.45) is 0 Å². The van der Waals surface area contributed by atoms with Crippen LogP contribution in [0, 0.1) is 0 Å². The number of benzene rings is 3. The lowest BCUT2D eigenvalue weighted by atomic mass is 10.00. The molecule has 5 rings (SSSR count). The highest BCUT2D eigenvalue weighted by Gasteiger charge is 2.52. The van der Waals surface area contributed by atoms with Crippen molar-refractivity contribution in [1.82, 2.24) is 0 Å². The van der Waals surface area contributed by atoms with Crippen LogP contribution < -0.4 is 0 Å². The maximum absolute atomic E-state index is 6.44. The zero-order chi connectivity index (χ0) is 21.6. The molecule has 2 aliphatic rings. The molecule has 3 aromatic rings. The van der Waals surface area contributed by atoms with Crippen LogP contribution in [0.2, 0.25) is 0 Å². The van der Waals surface area contributed by atoms with Crippen molar-refractivity contribution in [2.75, 3.05) is 6.61 Å². The van der Waals surface area contributed by atoms with Crippen molar-refractivity contribution in [3.05, 3.63) is 108 Å². The highest BCUT2D eigenvalue weighted by Crippen LogP contribution is 2.35. The van der Waals surface area contributed by atoms with Gasteiger partial charge in [-0.25, -0.2) is 0 Å². The number of rotatable bonds is 9. The average Bonchev–Trinajstić information content (AvgIpc) is 3.29. The number of ether oxygens (including phenoxy) is 5. The summed E-state index contributed by atoms with van der Waals surface area (Å²) >= 11 is 0. The predicted octanol–water partition coefficient (Wildman–Crippen LogP) is 4.50. The van der Waals surface area contributed by atoms with E-state index in [2.05, 4.69) is 24.3 Å². The molecule has 32 heavy (non-hydrogen) atoms. The molecule has 0 amide bonds. The van der Waals surface area contributed by atoms with Crippen LogP contribution >= 0.6 is 0 Å². The predicted molar refractivity (Wildman–Crippen MR) is 120 cm³/mol. The van der Waals surface area contributed by atoms with Crippen molar-refractivity contribution in [1.29, 1.82) is 0 Å². The van der Waals surface area contributed by atoms with Crippen molar-refractivity contribution < 1.29 is 23.7 Å². The van der Waals surface area contributed by atoms with Crippen LogP contribution in [-0.4, -0.2) is 37.3 Å². The second-order valence-corrected chi connectivity index (χ2v) is 8.16. The fraction of sp³-hybridized carbons (Fsp3) is 0.333. The molecule has 2 fully saturated rings. The van der Waals surface area contributed by atoms with Gasteiger partial charge in [0.15, 0.2) is 6.29 Å². The molecular formula is C27H28O5. The van der Waals surface area contributed by atoms with Crippen LogP contribution in [0.15, 0.2) is 91.0 Å². The first-order chi connectivity index (χ1) is 15.9. The fourth-order valence-corrected chi connectivity index (χ4v) is 4.20. The largest absolute Gasteiger partial charge is 0.368 e. The zero-order valence-corrected chi connectivity index (χ0v) is 17.9. The van der Waals surface area contributed by atoms with E-state index in [-0.39, 0.29) is 18.3 Å². The Kier molecular flexibility index (Phi) is 6.92. The Morgan fingerprint density at radius 2 is 1.00 bits per heavy atom. The minimum Gasteiger partial charge on any atom is -0.368 e. The Hall–Kier alpha value is -2.54. The summed E-state index contributed by atoms with van der Waals surface area (Å²) in [7, 11) is 0. The van der Waals surface area contributed by atoms with Crippen molar-refractivity contribution >= 4 is 0 Å². The molecule has 0 aliphatic carbocycles. The van der Waals surface area contributed by atoms with Gasteiger partial charge < -0.3 is 23.7 Å². The third-order valence-electron chi connectivity index (χ3n) is 5.87. The number of fused-ring (bicyclic) bond motifs is 2. The van der Waals surface area contributed by atoms with Gasteiger partial charge in [0.25, 0.3) is 0 Å². The second kappa shape index (κ2) is 10.4. The van der Waals surface area contributed by atoms with Crippen LogP contribution in [-0.2, 0) is 43.5 Å². The summed E-state index contributed by atoms with van der Waals surface area (Å²) in [5.74, 6) is 0. The normalized spacial score (nSPS) is 26.8.